The molecule has 0 bridgehead atoms. The summed E-state index contributed by atoms with van der Waals surface area (Å²) in [5, 5.41) is 0. The van der Waals surface area contributed by atoms with Gasteiger partial charge >= 0.3 is 0 Å². The lowest BCUT2D eigenvalue weighted by molar-refractivity contribution is 0.228. The first-order chi connectivity index (χ1) is 7.67. The maximum absolute atomic E-state index is 5.67. The van der Waals surface area contributed by atoms with Gasteiger partial charge in [-0.2, -0.15) is 0 Å². The van der Waals surface area contributed by atoms with Crippen molar-refractivity contribution in [1.82, 2.24) is 0 Å². The molecule has 0 unspecified atom stereocenters. The summed E-state index contributed by atoms with van der Waals surface area (Å²) in [5.74, 6) is 0.995. The molecule has 0 N–H and O–H groups in total. The molecule has 0 aliphatic carbocycles. The Kier molecular flexibility index (Phi) is 5.86. The minimum absolute atomic E-state index is 0.145. The van der Waals surface area contributed by atoms with Crippen LogP contribution in [0.2, 0.25) is 0 Å². The van der Waals surface area contributed by atoms with Gasteiger partial charge in [-0.05, 0) is 6.42 Å². The first-order valence-corrected chi connectivity index (χ1v) is 6.84. The van der Waals surface area contributed by atoms with E-state index in [4.69, 9.17) is 4.74 Å². The molecule has 0 saturated heterocycles. The van der Waals surface area contributed by atoms with E-state index < -0.39 is 0 Å². The third-order valence-corrected chi connectivity index (χ3v) is 3.28. The Morgan fingerprint density at radius 1 is 1.19 bits per heavy atom. The summed E-state index contributed by atoms with van der Waals surface area (Å²) in [5.41, 5.74) is 0.145. The smallest absolute Gasteiger partial charge is 0.189 e. The van der Waals surface area contributed by atoms with Crippen molar-refractivity contribution in [3.8, 4) is 0 Å². The second-order valence-electron chi connectivity index (χ2n) is 5.44. The predicted octanol–water partition coefficient (Wildman–Crippen LogP) is 4.19. The van der Waals surface area contributed by atoms with E-state index in [2.05, 4.69) is 25.8 Å². The molecule has 0 amide bonds. The van der Waals surface area contributed by atoms with Crippen LogP contribution in [0.4, 0.5) is 0 Å². The van der Waals surface area contributed by atoms with Crippen molar-refractivity contribution < 1.29 is 4.74 Å². The molecule has 0 aromatic heterocycles. The molecule has 1 heterocycles. The van der Waals surface area contributed by atoms with Crippen molar-refractivity contribution in [3.05, 3.63) is 0 Å². The molecule has 0 atom stereocenters. The summed E-state index contributed by atoms with van der Waals surface area (Å²) >= 11 is 0. The van der Waals surface area contributed by atoms with Crippen LogP contribution in [-0.4, -0.2) is 19.0 Å². The van der Waals surface area contributed by atoms with Gasteiger partial charge < -0.3 is 4.74 Å². The van der Waals surface area contributed by atoms with Gasteiger partial charge in [-0.15, -0.1) is 0 Å². The number of rotatable bonds is 7. The van der Waals surface area contributed by atoms with Gasteiger partial charge in [-0.25, -0.2) is 0 Å². The zero-order chi connectivity index (χ0) is 11.9. The Balaban J connectivity index is 2.25. The molecule has 2 nitrogen and oxygen atoms in total. The monoisotopic (exact) mass is 225 g/mol. The van der Waals surface area contributed by atoms with E-state index in [1.54, 1.807) is 0 Å². The van der Waals surface area contributed by atoms with Crippen molar-refractivity contribution in [2.45, 2.75) is 65.7 Å². The van der Waals surface area contributed by atoms with Crippen LogP contribution in [-0.2, 0) is 4.74 Å². The SMILES string of the molecule is CCCCCCCC(C)(C)C1=NCCCO1. The van der Waals surface area contributed by atoms with Crippen LogP contribution < -0.4 is 0 Å². The van der Waals surface area contributed by atoms with Crippen molar-refractivity contribution in [2.75, 3.05) is 13.2 Å². The third-order valence-electron chi connectivity index (χ3n) is 3.28. The molecule has 0 fully saturated rings. The standard InChI is InChI=1S/C14H27NO/c1-4-5-6-7-8-10-14(2,3)13-15-11-9-12-16-13/h4-12H2,1-3H3. The average molecular weight is 225 g/mol. The highest BCUT2D eigenvalue weighted by atomic mass is 16.5. The third kappa shape index (κ3) is 4.54. The Labute approximate surface area is 100 Å². The maximum Gasteiger partial charge on any atom is 0.189 e. The van der Waals surface area contributed by atoms with Crippen LogP contribution in [0.15, 0.2) is 4.99 Å². The summed E-state index contributed by atoms with van der Waals surface area (Å²) in [6.07, 6.45) is 9.00. The molecule has 0 saturated carbocycles. The van der Waals surface area contributed by atoms with E-state index in [1.807, 2.05) is 0 Å². The average Bonchev–Trinajstić information content (AvgIpc) is 2.30. The Morgan fingerprint density at radius 3 is 2.56 bits per heavy atom. The first kappa shape index (κ1) is 13.5. The molecule has 2 heteroatoms. The van der Waals surface area contributed by atoms with Crippen molar-refractivity contribution in [1.29, 1.82) is 0 Å². The van der Waals surface area contributed by atoms with Crippen LogP contribution in [0, 0.1) is 5.41 Å². The topological polar surface area (TPSA) is 21.6 Å². The first-order valence-electron chi connectivity index (χ1n) is 6.84. The molecule has 0 aromatic carbocycles. The van der Waals surface area contributed by atoms with E-state index in [0.717, 1.165) is 25.5 Å². The van der Waals surface area contributed by atoms with Crippen LogP contribution in [0.25, 0.3) is 0 Å². The molecular weight excluding hydrogens is 198 g/mol. The molecule has 94 valence electrons. The van der Waals surface area contributed by atoms with Gasteiger partial charge in [-0.3, -0.25) is 4.99 Å². The van der Waals surface area contributed by atoms with Gasteiger partial charge in [0.15, 0.2) is 5.90 Å². The number of aliphatic imine (C=N–C) groups is 1. The lowest BCUT2D eigenvalue weighted by atomic mass is 9.86. The second kappa shape index (κ2) is 6.93. The second-order valence-corrected chi connectivity index (χ2v) is 5.44. The van der Waals surface area contributed by atoms with Crippen LogP contribution in [0.1, 0.15) is 65.7 Å². The molecule has 0 spiro atoms. The van der Waals surface area contributed by atoms with E-state index in [-0.39, 0.29) is 5.41 Å². The minimum atomic E-state index is 0.145. The van der Waals surface area contributed by atoms with Gasteiger partial charge in [-0.1, -0.05) is 52.9 Å². The lowest BCUT2D eigenvalue weighted by Crippen LogP contribution is -2.30. The number of hydrogen-bond donors (Lipinski definition) is 0. The summed E-state index contributed by atoms with van der Waals surface area (Å²) in [6, 6.07) is 0. The summed E-state index contributed by atoms with van der Waals surface area (Å²) in [6.45, 7) is 8.59. The number of nitrogens with zero attached hydrogens (tertiary/aromatic N) is 1. The molecule has 1 rings (SSSR count). The number of hydrogen-bond acceptors (Lipinski definition) is 2. The van der Waals surface area contributed by atoms with Gasteiger partial charge in [0, 0.05) is 18.4 Å². The number of unbranched alkanes of at least 4 members (excludes halogenated alkanes) is 4. The van der Waals surface area contributed by atoms with E-state index >= 15 is 0 Å². The lowest BCUT2D eigenvalue weighted by Gasteiger charge is -2.28. The van der Waals surface area contributed by atoms with Crippen molar-refractivity contribution in [2.24, 2.45) is 10.4 Å². The van der Waals surface area contributed by atoms with Crippen molar-refractivity contribution >= 4 is 5.90 Å². The van der Waals surface area contributed by atoms with E-state index in [0.29, 0.717) is 0 Å². The largest absolute Gasteiger partial charge is 0.481 e. The highest BCUT2D eigenvalue weighted by Gasteiger charge is 2.27. The highest BCUT2D eigenvalue weighted by Crippen LogP contribution is 2.28. The summed E-state index contributed by atoms with van der Waals surface area (Å²) in [7, 11) is 0. The quantitative estimate of drug-likeness (QED) is 0.595. The van der Waals surface area contributed by atoms with Crippen molar-refractivity contribution in [3.63, 3.8) is 0 Å². The fourth-order valence-electron chi connectivity index (χ4n) is 2.15. The fourth-order valence-corrected chi connectivity index (χ4v) is 2.15. The van der Waals surface area contributed by atoms with E-state index in [9.17, 15) is 0 Å². The van der Waals surface area contributed by atoms with Gasteiger partial charge in [0.25, 0.3) is 0 Å². The highest BCUT2D eigenvalue weighted by molar-refractivity contribution is 5.82. The fraction of sp³-hybridized carbons (Fsp3) is 0.929. The summed E-state index contributed by atoms with van der Waals surface area (Å²) in [4.78, 5) is 4.51. The molecule has 1 aliphatic rings. The zero-order valence-electron chi connectivity index (χ0n) is 11.2. The van der Waals surface area contributed by atoms with E-state index in [1.165, 1.54) is 38.5 Å². The molecule has 0 aromatic rings. The Hall–Kier alpha value is -0.530. The molecule has 1 aliphatic heterocycles. The predicted molar refractivity (Wildman–Crippen MR) is 70.0 cm³/mol. The minimum Gasteiger partial charge on any atom is -0.481 e. The summed E-state index contributed by atoms with van der Waals surface area (Å²) < 4.78 is 5.67. The molecule has 0 radical (unpaired) electrons. The maximum atomic E-state index is 5.67. The van der Waals surface area contributed by atoms with Gasteiger partial charge in [0.05, 0.1) is 6.61 Å². The zero-order valence-corrected chi connectivity index (χ0v) is 11.2. The normalized spacial score (nSPS) is 16.8. The molecular formula is C14H27NO. The van der Waals surface area contributed by atoms with Crippen LogP contribution in [0.3, 0.4) is 0 Å². The van der Waals surface area contributed by atoms with Gasteiger partial charge in [0.2, 0.25) is 0 Å². The Bertz CT molecular complexity index is 221. The van der Waals surface area contributed by atoms with Gasteiger partial charge in [0.1, 0.15) is 0 Å². The van der Waals surface area contributed by atoms with Crippen LogP contribution in [0.5, 0.6) is 0 Å². The molecule has 16 heavy (non-hydrogen) atoms. The van der Waals surface area contributed by atoms with Crippen LogP contribution >= 0.6 is 0 Å². The Morgan fingerprint density at radius 2 is 1.94 bits per heavy atom. The number of ether oxygens (including phenoxy) is 1.